The number of rotatable bonds is 6. The fourth-order valence-electron chi connectivity index (χ4n) is 2.31. The third-order valence-corrected chi connectivity index (χ3v) is 3.40. The second kappa shape index (κ2) is 7.34. The van der Waals surface area contributed by atoms with Crippen LogP contribution in [0.4, 0.5) is 0 Å². The number of hydrogen-bond donors (Lipinski definition) is 1. The average molecular weight is 250 g/mol. The molecule has 0 saturated carbocycles. The summed E-state index contributed by atoms with van der Waals surface area (Å²) >= 11 is 0. The van der Waals surface area contributed by atoms with Crippen LogP contribution in [0.1, 0.15) is 25.7 Å². The van der Waals surface area contributed by atoms with Gasteiger partial charge in [-0.25, -0.2) is 0 Å². The zero-order chi connectivity index (χ0) is 12.6. The summed E-state index contributed by atoms with van der Waals surface area (Å²) in [5.41, 5.74) is 0.0371. The molecule has 1 unspecified atom stereocenters. The normalized spacial score (nSPS) is 19.9. The summed E-state index contributed by atoms with van der Waals surface area (Å²) in [6.45, 7) is 3.16. The molecule has 1 aliphatic rings. The molecule has 0 aromatic carbocycles. The van der Waals surface area contributed by atoms with E-state index >= 15 is 0 Å². The molecular weight excluding hydrogens is 228 g/mol. The Balaban J connectivity index is 1.58. The van der Waals surface area contributed by atoms with Crippen molar-refractivity contribution in [3.05, 3.63) is 34.7 Å². The molecule has 0 radical (unpaired) electrons. The van der Waals surface area contributed by atoms with Crippen molar-refractivity contribution in [3.8, 4) is 0 Å². The van der Waals surface area contributed by atoms with Crippen LogP contribution < -0.4 is 10.9 Å². The van der Waals surface area contributed by atoms with Crippen LogP contribution in [0.2, 0.25) is 0 Å². The lowest BCUT2D eigenvalue weighted by Gasteiger charge is -2.23. The molecule has 100 valence electrons. The summed E-state index contributed by atoms with van der Waals surface area (Å²) in [7, 11) is 0. The second-order valence-electron chi connectivity index (χ2n) is 4.78. The number of pyridine rings is 1. The molecule has 18 heavy (non-hydrogen) atoms. The van der Waals surface area contributed by atoms with Gasteiger partial charge >= 0.3 is 0 Å². The van der Waals surface area contributed by atoms with Gasteiger partial charge in [-0.1, -0.05) is 12.5 Å². The van der Waals surface area contributed by atoms with Crippen LogP contribution in [-0.2, 0) is 11.3 Å². The van der Waals surface area contributed by atoms with Gasteiger partial charge < -0.3 is 14.6 Å². The Labute approximate surface area is 108 Å². The first-order valence-corrected chi connectivity index (χ1v) is 6.83. The Bertz CT molecular complexity index is 397. The van der Waals surface area contributed by atoms with Gasteiger partial charge in [-0.3, -0.25) is 4.79 Å². The van der Waals surface area contributed by atoms with Crippen molar-refractivity contribution in [2.75, 3.05) is 19.8 Å². The molecule has 4 heteroatoms. The Morgan fingerprint density at radius 2 is 2.28 bits per heavy atom. The van der Waals surface area contributed by atoms with Crippen LogP contribution in [0.15, 0.2) is 29.2 Å². The molecule has 0 spiro atoms. The highest BCUT2D eigenvalue weighted by molar-refractivity contribution is 4.92. The Hall–Kier alpha value is -1.13. The molecule has 2 heterocycles. The van der Waals surface area contributed by atoms with E-state index in [1.165, 1.54) is 19.3 Å². The first-order chi connectivity index (χ1) is 8.86. The minimum atomic E-state index is 0.0371. The quantitative estimate of drug-likeness (QED) is 0.776. The van der Waals surface area contributed by atoms with Gasteiger partial charge in [0.2, 0.25) is 0 Å². The van der Waals surface area contributed by atoms with Crippen molar-refractivity contribution in [2.24, 2.45) is 0 Å². The highest BCUT2D eigenvalue weighted by Crippen LogP contribution is 2.09. The fourth-order valence-corrected chi connectivity index (χ4v) is 2.31. The molecule has 0 bridgehead atoms. The summed E-state index contributed by atoms with van der Waals surface area (Å²) < 4.78 is 7.28. The van der Waals surface area contributed by atoms with E-state index in [0.29, 0.717) is 19.2 Å². The number of aromatic nitrogens is 1. The molecule has 1 aromatic rings. The third kappa shape index (κ3) is 4.27. The van der Waals surface area contributed by atoms with Gasteiger partial charge in [0.15, 0.2) is 0 Å². The van der Waals surface area contributed by atoms with Crippen molar-refractivity contribution >= 4 is 0 Å². The maximum Gasteiger partial charge on any atom is 0.250 e. The van der Waals surface area contributed by atoms with E-state index in [-0.39, 0.29) is 5.56 Å². The van der Waals surface area contributed by atoms with Crippen molar-refractivity contribution in [1.29, 1.82) is 0 Å². The number of nitrogens with one attached hydrogen (secondary N) is 1. The van der Waals surface area contributed by atoms with E-state index in [9.17, 15) is 4.79 Å². The van der Waals surface area contributed by atoms with E-state index in [2.05, 4.69) is 5.32 Å². The van der Waals surface area contributed by atoms with Gasteiger partial charge in [-0.15, -0.1) is 0 Å². The van der Waals surface area contributed by atoms with Gasteiger partial charge in [-0.05, 0) is 31.9 Å². The van der Waals surface area contributed by atoms with E-state index in [1.807, 2.05) is 6.07 Å². The predicted octanol–water partition coefficient (Wildman–Crippen LogP) is 1.40. The average Bonchev–Trinajstić information content (AvgIpc) is 2.42. The SMILES string of the molecule is O=c1ccccn1CCOCCC1CCCCN1. The molecular formula is C14H22N2O2. The maximum atomic E-state index is 11.4. The minimum absolute atomic E-state index is 0.0371. The second-order valence-corrected chi connectivity index (χ2v) is 4.78. The van der Waals surface area contributed by atoms with E-state index in [1.54, 1.807) is 22.9 Å². The molecule has 1 saturated heterocycles. The molecule has 1 atom stereocenters. The van der Waals surface area contributed by atoms with Crippen LogP contribution in [0.25, 0.3) is 0 Å². The molecule has 0 aliphatic carbocycles. The van der Waals surface area contributed by atoms with Crippen LogP contribution in [0.3, 0.4) is 0 Å². The van der Waals surface area contributed by atoms with Crippen molar-refractivity contribution in [2.45, 2.75) is 38.3 Å². The van der Waals surface area contributed by atoms with Crippen molar-refractivity contribution in [1.82, 2.24) is 9.88 Å². The zero-order valence-electron chi connectivity index (χ0n) is 10.8. The van der Waals surface area contributed by atoms with Crippen LogP contribution in [0, 0.1) is 0 Å². The van der Waals surface area contributed by atoms with E-state index < -0.39 is 0 Å². The highest BCUT2D eigenvalue weighted by Gasteiger charge is 2.11. The number of nitrogens with zero attached hydrogens (tertiary/aromatic N) is 1. The highest BCUT2D eigenvalue weighted by atomic mass is 16.5. The Morgan fingerprint density at radius 1 is 1.33 bits per heavy atom. The van der Waals surface area contributed by atoms with Gasteiger partial charge in [-0.2, -0.15) is 0 Å². The van der Waals surface area contributed by atoms with E-state index in [4.69, 9.17) is 4.74 Å². The molecule has 0 amide bonds. The lowest BCUT2D eigenvalue weighted by atomic mass is 10.0. The smallest absolute Gasteiger partial charge is 0.250 e. The lowest BCUT2D eigenvalue weighted by Crippen LogP contribution is -2.34. The molecule has 1 fully saturated rings. The summed E-state index contributed by atoms with van der Waals surface area (Å²) in [5, 5.41) is 3.50. The van der Waals surface area contributed by atoms with Crippen molar-refractivity contribution in [3.63, 3.8) is 0 Å². The topological polar surface area (TPSA) is 43.3 Å². The van der Waals surface area contributed by atoms with Crippen LogP contribution in [0.5, 0.6) is 0 Å². The maximum absolute atomic E-state index is 11.4. The summed E-state index contributed by atoms with van der Waals surface area (Å²) in [6, 6.07) is 5.83. The summed E-state index contributed by atoms with van der Waals surface area (Å²) in [5.74, 6) is 0. The summed E-state index contributed by atoms with van der Waals surface area (Å²) in [6.07, 6.45) is 6.77. The van der Waals surface area contributed by atoms with E-state index in [0.717, 1.165) is 19.6 Å². The molecule has 4 nitrogen and oxygen atoms in total. The monoisotopic (exact) mass is 250 g/mol. The first-order valence-electron chi connectivity index (χ1n) is 6.83. The Kier molecular flexibility index (Phi) is 5.42. The lowest BCUT2D eigenvalue weighted by molar-refractivity contribution is 0.113. The minimum Gasteiger partial charge on any atom is -0.380 e. The third-order valence-electron chi connectivity index (χ3n) is 3.40. The van der Waals surface area contributed by atoms with Gasteiger partial charge in [0.05, 0.1) is 6.61 Å². The van der Waals surface area contributed by atoms with Gasteiger partial charge in [0.1, 0.15) is 0 Å². The van der Waals surface area contributed by atoms with Crippen LogP contribution >= 0.6 is 0 Å². The molecule has 1 aliphatic heterocycles. The zero-order valence-corrected chi connectivity index (χ0v) is 10.8. The first kappa shape index (κ1) is 13.3. The molecule has 1 N–H and O–H groups in total. The fraction of sp³-hybridized carbons (Fsp3) is 0.643. The van der Waals surface area contributed by atoms with Crippen LogP contribution in [-0.4, -0.2) is 30.4 Å². The number of ether oxygens (including phenoxy) is 1. The molecule has 2 rings (SSSR count). The Morgan fingerprint density at radius 3 is 3.06 bits per heavy atom. The number of piperidine rings is 1. The largest absolute Gasteiger partial charge is 0.380 e. The standard InChI is InChI=1S/C14H22N2O2/c17-14-6-2-4-9-16(14)10-12-18-11-7-13-5-1-3-8-15-13/h2,4,6,9,13,15H,1,3,5,7-8,10-12H2. The predicted molar refractivity (Wildman–Crippen MR) is 71.8 cm³/mol. The van der Waals surface area contributed by atoms with Crippen molar-refractivity contribution < 1.29 is 4.74 Å². The summed E-state index contributed by atoms with van der Waals surface area (Å²) in [4.78, 5) is 11.4. The van der Waals surface area contributed by atoms with Gasteiger partial charge in [0, 0.05) is 31.5 Å². The molecule has 1 aromatic heterocycles. The number of hydrogen-bond acceptors (Lipinski definition) is 3. The van der Waals surface area contributed by atoms with Gasteiger partial charge in [0.25, 0.3) is 5.56 Å².